The smallest absolute Gasteiger partial charge is 0.240 e. The van der Waals surface area contributed by atoms with E-state index in [0.717, 1.165) is 6.42 Å². The van der Waals surface area contributed by atoms with Crippen molar-refractivity contribution in [1.29, 1.82) is 0 Å². The number of carbonyl (C=O) groups excluding carboxylic acids is 1. The number of nitrogens with one attached hydrogen (secondary N) is 1. The zero-order valence-electron chi connectivity index (χ0n) is 10.6. The Hall–Kier alpha value is -0.910. The van der Waals surface area contributed by atoms with Gasteiger partial charge in [0.25, 0.3) is 0 Å². The fourth-order valence-electron chi connectivity index (χ4n) is 2.14. The Bertz CT molecular complexity index is 386. The summed E-state index contributed by atoms with van der Waals surface area (Å²) >= 11 is 1.67. The van der Waals surface area contributed by atoms with E-state index in [1.54, 1.807) is 11.3 Å². The molecule has 0 aromatic carbocycles. The number of amides is 1. The Morgan fingerprint density at radius 1 is 1.61 bits per heavy atom. The highest BCUT2D eigenvalue weighted by Gasteiger charge is 2.36. The van der Waals surface area contributed by atoms with E-state index in [0.29, 0.717) is 26.1 Å². The summed E-state index contributed by atoms with van der Waals surface area (Å²) < 4.78 is 5.25. The minimum absolute atomic E-state index is 0.0477. The van der Waals surface area contributed by atoms with Crippen LogP contribution in [0.5, 0.6) is 0 Å². The molecule has 1 aromatic heterocycles. The van der Waals surface area contributed by atoms with Crippen molar-refractivity contribution in [2.75, 3.05) is 13.2 Å². The highest BCUT2D eigenvalue weighted by molar-refractivity contribution is 7.07. The zero-order valence-corrected chi connectivity index (χ0v) is 11.5. The van der Waals surface area contributed by atoms with Gasteiger partial charge in [-0.05, 0) is 48.6 Å². The van der Waals surface area contributed by atoms with Crippen LogP contribution in [0.15, 0.2) is 16.8 Å². The van der Waals surface area contributed by atoms with Crippen molar-refractivity contribution in [3.8, 4) is 0 Å². The number of hydrogen-bond acceptors (Lipinski definition) is 4. The second kappa shape index (κ2) is 5.82. The molecule has 1 aliphatic rings. The molecule has 18 heavy (non-hydrogen) atoms. The molecule has 0 radical (unpaired) electrons. The van der Waals surface area contributed by atoms with Crippen LogP contribution in [0.1, 0.15) is 25.3 Å². The van der Waals surface area contributed by atoms with E-state index in [1.807, 2.05) is 12.3 Å². The van der Waals surface area contributed by atoms with Crippen LogP contribution in [0.25, 0.3) is 0 Å². The van der Waals surface area contributed by atoms with Crippen molar-refractivity contribution in [3.63, 3.8) is 0 Å². The quantitative estimate of drug-likeness (QED) is 0.865. The second-order valence-electron chi connectivity index (χ2n) is 4.98. The lowest BCUT2D eigenvalue weighted by atomic mass is 9.90. The third-order valence-electron chi connectivity index (χ3n) is 3.34. The summed E-state index contributed by atoms with van der Waals surface area (Å²) in [5.74, 6) is -0.0477. The van der Waals surface area contributed by atoms with E-state index in [9.17, 15) is 4.79 Å². The number of carbonyl (C=O) groups is 1. The van der Waals surface area contributed by atoms with E-state index >= 15 is 0 Å². The molecule has 1 aliphatic heterocycles. The van der Waals surface area contributed by atoms with Gasteiger partial charge in [0.1, 0.15) is 0 Å². The molecular formula is C13H20N2O2S. The second-order valence-corrected chi connectivity index (χ2v) is 5.76. The minimum Gasteiger partial charge on any atom is -0.381 e. The van der Waals surface area contributed by atoms with E-state index in [-0.39, 0.29) is 11.9 Å². The Morgan fingerprint density at radius 3 is 2.94 bits per heavy atom. The summed E-state index contributed by atoms with van der Waals surface area (Å²) in [7, 11) is 0. The lowest BCUT2D eigenvalue weighted by molar-refractivity contribution is -0.130. The monoisotopic (exact) mass is 268 g/mol. The molecule has 2 rings (SSSR count). The molecule has 2 heterocycles. The first kappa shape index (κ1) is 13.5. The molecule has 0 saturated carbocycles. The van der Waals surface area contributed by atoms with Crippen LogP contribution in [-0.2, 0) is 16.0 Å². The lowest BCUT2D eigenvalue weighted by Gasteiger charge is -2.32. The predicted octanol–water partition coefficient (Wildman–Crippen LogP) is 1.30. The SMILES string of the molecule is CC(Cc1ccsc1)NC(=O)C1(N)CCOCC1. The van der Waals surface area contributed by atoms with Gasteiger partial charge < -0.3 is 15.8 Å². The summed E-state index contributed by atoms with van der Waals surface area (Å²) in [6.07, 6.45) is 2.05. The van der Waals surface area contributed by atoms with Gasteiger partial charge >= 0.3 is 0 Å². The Kier molecular flexibility index (Phi) is 4.37. The third kappa shape index (κ3) is 3.31. The highest BCUT2D eigenvalue weighted by Crippen LogP contribution is 2.18. The van der Waals surface area contributed by atoms with Gasteiger partial charge in [0, 0.05) is 19.3 Å². The molecule has 1 aromatic rings. The minimum atomic E-state index is -0.749. The third-order valence-corrected chi connectivity index (χ3v) is 4.07. The summed E-state index contributed by atoms with van der Waals surface area (Å²) in [5.41, 5.74) is 6.64. The van der Waals surface area contributed by atoms with Crippen molar-refractivity contribution < 1.29 is 9.53 Å². The summed E-state index contributed by atoms with van der Waals surface area (Å²) in [6, 6.07) is 2.19. The maximum Gasteiger partial charge on any atom is 0.240 e. The molecule has 3 N–H and O–H groups in total. The van der Waals surface area contributed by atoms with Gasteiger partial charge in [-0.1, -0.05) is 0 Å². The van der Waals surface area contributed by atoms with Gasteiger partial charge in [-0.3, -0.25) is 4.79 Å². The average Bonchev–Trinajstić information content (AvgIpc) is 2.82. The molecule has 0 bridgehead atoms. The van der Waals surface area contributed by atoms with Gasteiger partial charge in [-0.25, -0.2) is 0 Å². The van der Waals surface area contributed by atoms with Crippen LogP contribution in [0.2, 0.25) is 0 Å². The average molecular weight is 268 g/mol. The molecule has 1 atom stereocenters. The molecule has 1 saturated heterocycles. The van der Waals surface area contributed by atoms with Gasteiger partial charge in [-0.2, -0.15) is 11.3 Å². The fourth-order valence-corrected chi connectivity index (χ4v) is 2.83. The largest absolute Gasteiger partial charge is 0.381 e. The van der Waals surface area contributed by atoms with Crippen molar-refractivity contribution >= 4 is 17.2 Å². The molecule has 0 aliphatic carbocycles. The topological polar surface area (TPSA) is 64.4 Å². The first-order valence-corrected chi connectivity index (χ1v) is 7.23. The van der Waals surface area contributed by atoms with E-state index in [4.69, 9.17) is 10.5 Å². The Morgan fingerprint density at radius 2 is 2.33 bits per heavy atom. The molecule has 0 spiro atoms. The maximum atomic E-state index is 12.2. The molecule has 5 heteroatoms. The van der Waals surface area contributed by atoms with Gasteiger partial charge in [0.2, 0.25) is 5.91 Å². The first-order chi connectivity index (χ1) is 8.60. The summed E-state index contributed by atoms with van der Waals surface area (Å²) in [4.78, 5) is 12.2. The van der Waals surface area contributed by atoms with Gasteiger partial charge in [-0.15, -0.1) is 0 Å². The van der Waals surface area contributed by atoms with Crippen LogP contribution in [0.4, 0.5) is 0 Å². The Balaban J connectivity index is 1.86. The summed E-state index contributed by atoms with van der Waals surface area (Å²) in [5, 5.41) is 7.17. The van der Waals surface area contributed by atoms with Gasteiger partial charge in [0.15, 0.2) is 0 Å². The summed E-state index contributed by atoms with van der Waals surface area (Å²) in [6.45, 7) is 3.16. The van der Waals surface area contributed by atoms with Crippen molar-refractivity contribution in [3.05, 3.63) is 22.4 Å². The van der Waals surface area contributed by atoms with Crippen LogP contribution < -0.4 is 11.1 Å². The van der Waals surface area contributed by atoms with Crippen molar-refractivity contribution in [2.24, 2.45) is 5.73 Å². The number of hydrogen-bond donors (Lipinski definition) is 2. The van der Waals surface area contributed by atoms with Gasteiger partial charge in [0.05, 0.1) is 5.54 Å². The van der Waals surface area contributed by atoms with Crippen LogP contribution in [0.3, 0.4) is 0 Å². The number of rotatable bonds is 4. The van der Waals surface area contributed by atoms with Crippen LogP contribution >= 0.6 is 11.3 Å². The molecule has 1 unspecified atom stereocenters. The molecule has 100 valence electrons. The number of nitrogens with two attached hydrogens (primary N) is 1. The fraction of sp³-hybridized carbons (Fsp3) is 0.615. The van der Waals surface area contributed by atoms with Crippen LogP contribution in [0, 0.1) is 0 Å². The highest BCUT2D eigenvalue weighted by atomic mass is 32.1. The lowest BCUT2D eigenvalue weighted by Crippen LogP contribution is -2.58. The molecule has 1 fully saturated rings. The number of thiophene rings is 1. The molecular weight excluding hydrogens is 248 g/mol. The van der Waals surface area contributed by atoms with Crippen LogP contribution in [-0.4, -0.2) is 30.7 Å². The molecule has 1 amide bonds. The van der Waals surface area contributed by atoms with Crippen molar-refractivity contribution in [1.82, 2.24) is 5.32 Å². The van der Waals surface area contributed by atoms with E-state index < -0.39 is 5.54 Å². The normalized spacial score (nSPS) is 20.3. The standard InChI is InChI=1S/C13H20N2O2S/c1-10(8-11-2-7-18-9-11)15-12(16)13(14)3-5-17-6-4-13/h2,7,9-10H,3-6,8,14H2,1H3,(H,15,16). The van der Waals surface area contributed by atoms with E-state index in [1.165, 1.54) is 5.56 Å². The Labute approximate surface area is 112 Å². The van der Waals surface area contributed by atoms with Crippen molar-refractivity contribution in [2.45, 2.75) is 37.8 Å². The molecule has 4 nitrogen and oxygen atoms in total. The number of ether oxygens (including phenoxy) is 1. The predicted molar refractivity (Wildman–Crippen MR) is 72.6 cm³/mol. The van der Waals surface area contributed by atoms with E-state index in [2.05, 4.69) is 16.8 Å². The first-order valence-electron chi connectivity index (χ1n) is 6.29. The zero-order chi connectivity index (χ0) is 13.0. The maximum absolute atomic E-state index is 12.2.